The molecule has 11 heteroatoms. The number of fused-ring (bicyclic) bond motifs is 1. The van der Waals surface area contributed by atoms with Gasteiger partial charge in [0.05, 0.1) is 10.9 Å². The molecule has 52 heavy (non-hydrogen) atoms. The first-order valence-corrected chi connectivity index (χ1v) is 18.7. The van der Waals surface area contributed by atoms with Gasteiger partial charge < -0.3 is 20.3 Å². The Hall–Kier alpha value is -5.26. The zero-order valence-corrected chi connectivity index (χ0v) is 31.0. The highest BCUT2D eigenvalue weighted by Crippen LogP contribution is 2.37. The van der Waals surface area contributed by atoms with Crippen LogP contribution in [0.5, 0.6) is 0 Å². The number of carbonyl (C=O) groups excluding carboxylic acids is 3. The second-order valence-electron chi connectivity index (χ2n) is 13.9. The molecule has 0 unspecified atom stereocenters. The smallest absolute Gasteiger partial charge is 0.408 e. The minimum absolute atomic E-state index is 0.00550. The van der Waals surface area contributed by atoms with Crippen molar-refractivity contribution in [3.8, 4) is 0 Å². The second-order valence-corrected chi connectivity index (χ2v) is 16.0. The first-order chi connectivity index (χ1) is 24.7. The maximum atomic E-state index is 14.0. The van der Waals surface area contributed by atoms with E-state index in [1.165, 1.54) is 31.1 Å². The zero-order chi connectivity index (χ0) is 37.5. The minimum Gasteiger partial charge on any atom is -0.444 e. The predicted molar refractivity (Wildman–Crippen MR) is 202 cm³/mol. The van der Waals surface area contributed by atoms with E-state index in [0.717, 1.165) is 26.6 Å². The Morgan fingerprint density at radius 2 is 1.38 bits per heavy atom. The Labute approximate surface area is 306 Å². The third-order valence-corrected chi connectivity index (χ3v) is 10.6. The maximum absolute atomic E-state index is 14.0. The fraction of sp³-hybridized carbons (Fsp3) is 0.293. The number of anilines is 1. The fourth-order valence-corrected chi connectivity index (χ4v) is 7.18. The van der Waals surface area contributed by atoms with Crippen LogP contribution >= 0.6 is 0 Å². The SMILES string of the molecule is CN(C)S(=O)(=O)c1ccc2c(c1)N(C(=O)/C=C/[C@H](CCC(=O)NC(c1ccccc1)(c1ccccc1)c1ccccc1)NC(=O)OC(C)(C)C)CC2. The highest BCUT2D eigenvalue weighted by molar-refractivity contribution is 7.89. The lowest BCUT2D eigenvalue weighted by molar-refractivity contribution is -0.122. The van der Waals surface area contributed by atoms with Crippen LogP contribution in [0.15, 0.2) is 126 Å². The van der Waals surface area contributed by atoms with Gasteiger partial charge in [-0.05, 0) is 68.0 Å². The van der Waals surface area contributed by atoms with Crippen LogP contribution in [-0.4, -0.2) is 62.9 Å². The van der Waals surface area contributed by atoms with E-state index < -0.39 is 33.3 Å². The van der Waals surface area contributed by atoms with Gasteiger partial charge in [0.15, 0.2) is 0 Å². The number of sulfonamides is 1. The number of nitrogens with zero attached hydrogens (tertiary/aromatic N) is 2. The Balaban J connectivity index is 1.40. The molecule has 0 radical (unpaired) electrons. The van der Waals surface area contributed by atoms with Gasteiger partial charge in [0.25, 0.3) is 5.91 Å². The molecule has 5 rings (SSSR count). The average molecular weight is 723 g/mol. The van der Waals surface area contributed by atoms with E-state index in [4.69, 9.17) is 4.74 Å². The summed E-state index contributed by atoms with van der Waals surface area (Å²) in [5.41, 5.74) is 2.23. The third kappa shape index (κ3) is 8.78. The molecule has 3 amide bonds. The van der Waals surface area contributed by atoms with Crippen LogP contribution in [0.2, 0.25) is 0 Å². The molecule has 0 fully saturated rings. The van der Waals surface area contributed by atoms with Crippen LogP contribution in [0, 0.1) is 0 Å². The summed E-state index contributed by atoms with van der Waals surface area (Å²) in [4.78, 5) is 42.1. The Morgan fingerprint density at radius 3 is 1.88 bits per heavy atom. The number of ether oxygens (including phenoxy) is 1. The summed E-state index contributed by atoms with van der Waals surface area (Å²) in [6.45, 7) is 5.62. The lowest BCUT2D eigenvalue weighted by atomic mass is 9.77. The lowest BCUT2D eigenvalue weighted by Crippen LogP contribution is -2.48. The molecule has 0 saturated carbocycles. The predicted octanol–water partition coefficient (Wildman–Crippen LogP) is 6.16. The minimum atomic E-state index is -3.71. The molecule has 2 N–H and O–H groups in total. The van der Waals surface area contributed by atoms with Crippen molar-refractivity contribution in [1.29, 1.82) is 0 Å². The summed E-state index contributed by atoms with van der Waals surface area (Å²) in [5.74, 6) is -0.648. The van der Waals surface area contributed by atoms with Crippen molar-refractivity contribution in [2.45, 2.75) is 62.1 Å². The number of benzene rings is 4. The number of rotatable bonds is 12. The number of nitrogens with one attached hydrogen (secondary N) is 2. The fourth-order valence-electron chi connectivity index (χ4n) is 6.26. The van der Waals surface area contributed by atoms with Crippen LogP contribution in [0.4, 0.5) is 10.5 Å². The van der Waals surface area contributed by atoms with Gasteiger partial charge in [0.2, 0.25) is 15.9 Å². The van der Waals surface area contributed by atoms with E-state index in [-0.39, 0.29) is 29.6 Å². The Morgan fingerprint density at radius 1 is 0.846 bits per heavy atom. The second kappa shape index (κ2) is 16.0. The summed E-state index contributed by atoms with van der Waals surface area (Å²) in [6.07, 6.45) is 2.95. The topological polar surface area (TPSA) is 125 Å². The molecule has 0 bridgehead atoms. The molecule has 1 atom stereocenters. The van der Waals surface area contributed by atoms with Gasteiger partial charge in [-0.15, -0.1) is 0 Å². The summed E-state index contributed by atoms with van der Waals surface area (Å²) < 4.78 is 32.2. The first-order valence-electron chi connectivity index (χ1n) is 17.2. The van der Waals surface area contributed by atoms with Crippen molar-refractivity contribution in [2.75, 3.05) is 25.5 Å². The largest absolute Gasteiger partial charge is 0.444 e. The number of amides is 3. The van der Waals surface area contributed by atoms with Crippen molar-refractivity contribution < 1.29 is 27.5 Å². The van der Waals surface area contributed by atoms with Gasteiger partial charge in [-0.2, -0.15) is 0 Å². The zero-order valence-electron chi connectivity index (χ0n) is 30.2. The summed E-state index contributed by atoms with van der Waals surface area (Å²) in [7, 11) is -0.795. The number of hydrogen-bond acceptors (Lipinski definition) is 6. The summed E-state index contributed by atoms with van der Waals surface area (Å²) >= 11 is 0. The van der Waals surface area contributed by atoms with E-state index in [0.29, 0.717) is 18.7 Å². The van der Waals surface area contributed by atoms with E-state index >= 15 is 0 Å². The van der Waals surface area contributed by atoms with E-state index in [1.54, 1.807) is 39.0 Å². The van der Waals surface area contributed by atoms with Gasteiger partial charge >= 0.3 is 6.09 Å². The molecular weight excluding hydrogens is 677 g/mol. The number of carbonyl (C=O) groups is 3. The first kappa shape index (κ1) is 38.0. The quantitative estimate of drug-likeness (QED) is 0.133. The number of alkyl carbamates (subject to hydrolysis) is 1. The summed E-state index contributed by atoms with van der Waals surface area (Å²) in [6, 6.07) is 33.4. The standard InChI is InChI=1S/C41H46N4O6S/c1-40(2,3)51-39(48)42-34(23-26-38(47)45-28-27-30-21-24-35(29-36(30)45)52(49,50)44(4)5)22-25-37(46)43-41(31-15-9-6-10-16-31,32-17-11-7-12-18-32)33-19-13-8-14-20-33/h6-21,23-24,26,29,34H,22,25,27-28H2,1-5H3,(H,42,48)(H,43,46)/b26-23+/t34-/m0/s1. The molecule has 272 valence electrons. The van der Waals surface area contributed by atoms with Crippen LogP contribution in [-0.2, 0) is 36.3 Å². The van der Waals surface area contributed by atoms with Crippen molar-refractivity contribution in [2.24, 2.45) is 0 Å². The normalized spacial score (nSPS) is 13.8. The molecular formula is C41H46N4O6S. The molecule has 10 nitrogen and oxygen atoms in total. The van der Waals surface area contributed by atoms with Crippen molar-refractivity contribution in [3.63, 3.8) is 0 Å². The van der Waals surface area contributed by atoms with Gasteiger partial charge in [-0.3, -0.25) is 9.59 Å². The molecule has 4 aromatic rings. The molecule has 1 heterocycles. The molecule has 0 aliphatic carbocycles. The van der Waals surface area contributed by atoms with E-state index in [9.17, 15) is 22.8 Å². The Bertz CT molecular complexity index is 1910. The van der Waals surface area contributed by atoms with Gasteiger partial charge in [0, 0.05) is 38.8 Å². The average Bonchev–Trinajstić information content (AvgIpc) is 3.55. The van der Waals surface area contributed by atoms with Crippen molar-refractivity contribution >= 4 is 33.6 Å². The van der Waals surface area contributed by atoms with Crippen molar-refractivity contribution in [3.05, 3.63) is 144 Å². The van der Waals surface area contributed by atoms with Crippen molar-refractivity contribution in [1.82, 2.24) is 14.9 Å². The van der Waals surface area contributed by atoms with Gasteiger partial charge in [-0.1, -0.05) is 103 Å². The van der Waals surface area contributed by atoms with Crippen LogP contribution in [0.25, 0.3) is 0 Å². The van der Waals surface area contributed by atoms with E-state index in [1.807, 2.05) is 91.0 Å². The number of hydrogen-bond donors (Lipinski definition) is 2. The molecule has 4 aromatic carbocycles. The molecule has 0 aromatic heterocycles. The van der Waals surface area contributed by atoms with E-state index in [2.05, 4.69) is 10.6 Å². The Kier molecular flexibility index (Phi) is 11.7. The highest BCUT2D eigenvalue weighted by Gasteiger charge is 2.38. The molecule has 0 spiro atoms. The molecule has 1 aliphatic heterocycles. The van der Waals surface area contributed by atoms with Crippen LogP contribution < -0.4 is 15.5 Å². The third-order valence-electron chi connectivity index (χ3n) is 8.80. The molecule has 1 aliphatic rings. The molecule has 0 saturated heterocycles. The maximum Gasteiger partial charge on any atom is 0.408 e. The highest BCUT2D eigenvalue weighted by atomic mass is 32.2. The summed E-state index contributed by atoms with van der Waals surface area (Å²) in [5, 5.41) is 6.15. The lowest BCUT2D eigenvalue weighted by Gasteiger charge is -2.37. The van der Waals surface area contributed by atoms with Crippen LogP contribution in [0.3, 0.4) is 0 Å². The monoisotopic (exact) mass is 722 g/mol. The van der Waals surface area contributed by atoms with Gasteiger partial charge in [0.1, 0.15) is 11.1 Å². The van der Waals surface area contributed by atoms with Gasteiger partial charge in [-0.25, -0.2) is 17.5 Å². The van der Waals surface area contributed by atoms with Crippen LogP contribution in [0.1, 0.15) is 55.9 Å².